The molecule has 0 bridgehead atoms. The highest BCUT2D eigenvalue weighted by atomic mass is 35.5. The molecular formula is C21H14Cl2FN3O3S. The van der Waals surface area contributed by atoms with Gasteiger partial charge in [0, 0.05) is 26.6 Å². The first-order chi connectivity index (χ1) is 14.6. The van der Waals surface area contributed by atoms with Crippen molar-refractivity contribution >= 4 is 50.0 Å². The van der Waals surface area contributed by atoms with E-state index in [-0.39, 0.29) is 11.3 Å². The highest BCUT2D eigenvalue weighted by Crippen LogP contribution is 2.33. The van der Waals surface area contributed by atoms with Crippen LogP contribution < -0.4 is 4.72 Å². The Hall–Kier alpha value is -2.94. The lowest BCUT2D eigenvalue weighted by molar-refractivity contribution is 0.0981. The average Bonchev–Trinajstić information content (AvgIpc) is 3.05. The van der Waals surface area contributed by atoms with Crippen LogP contribution in [0.5, 0.6) is 0 Å². The summed E-state index contributed by atoms with van der Waals surface area (Å²) < 4.78 is 40.7. The summed E-state index contributed by atoms with van der Waals surface area (Å²) in [5.74, 6) is -1.67. The largest absolute Gasteiger partial charge is 0.268 e. The third-order valence-electron chi connectivity index (χ3n) is 4.48. The van der Waals surface area contributed by atoms with Crippen molar-refractivity contribution in [3.63, 3.8) is 0 Å². The minimum absolute atomic E-state index is 0.0865. The molecule has 0 unspecified atom stereocenters. The van der Waals surface area contributed by atoms with E-state index in [0.29, 0.717) is 26.6 Å². The molecule has 1 N–H and O–H groups in total. The Bertz CT molecular complexity index is 1430. The number of amides is 1. The van der Waals surface area contributed by atoms with E-state index < -0.39 is 21.7 Å². The fourth-order valence-corrected chi connectivity index (χ4v) is 3.89. The number of hydrogen-bond acceptors (Lipinski definition) is 4. The molecule has 0 saturated heterocycles. The van der Waals surface area contributed by atoms with Gasteiger partial charge in [-0.05, 0) is 48.5 Å². The monoisotopic (exact) mass is 477 g/mol. The smallest absolute Gasteiger partial charge is 0.264 e. The summed E-state index contributed by atoms with van der Waals surface area (Å²) >= 11 is 12.2. The number of carbonyl (C=O) groups is 1. The maximum absolute atomic E-state index is 15.0. The first-order valence-corrected chi connectivity index (χ1v) is 11.5. The van der Waals surface area contributed by atoms with Crippen molar-refractivity contribution in [1.82, 2.24) is 14.5 Å². The molecule has 0 fully saturated rings. The highest BCUT2D eigenvalue weighted by molar-refractivity contribution is 7.89. The molecule has 4 rings (SSSR count). The third kappa shape index (κ3) is 4.41. The summed E-state index contributed by atoms with van der Waals surface area (Å²) in [7, 11) is -3.77. The Balaban J connectivity index is 1.85. The van der Waals surface area contributed by atoms with Crippen molar-refractivity contribution in [3.8, 4) is 16.9 Å². The lowest BCUT2D eigenvalue weighted by atomic mass is 10.1. The predicted octanol–water partition coefficient (Wildman–Crippen LogP) is 4.83. The normalized spacial score (nSPS) is 11.6. The van der Waals surface area contributed by atoms with Crippen LogP contribution in [0.15, 0.2) is 60.7 Å². The van der Waals surface area contributed by atoms with Gasteiger partial charge in [-0.2, -0.15) is 5.10 Å². The maximum atomic E-state index is 15.0. The summed E-state index contributed by atoms with van der Waals surface area (Å²) in [6, 6.07) is 15.8. The van der Waals surface area contributed by atoms with E-state index in [1.54, 1.807) is 47.2 Å². The minimum atomic E-state index is -3.77. The zero-order valence-electron chi connectivity index (χ0n) is 15.9. The Morgan fingerprint density at radius 1 is 1.00 bits per heavy atom. The number of rotatable bonds is 4. The maximum Gasteiger partial charge on any atom is 0.264 e. The number of sulfonamides is 1. The molecule has 0 aliphatic carbocycles. The lowest BCUT2D eigenvalue weighted by Crippen LogP contribution is -2.29. The number of fused-ring (bicyclic) bond motifs is 1. The van der Waals surface area contributed by atoms with Gasteiger partial charge in [-0.3, -0.25) is 4.79 Å². The van der Waals surface area contributed by atoms with Crippen molar-refractivity contribution in [1.29, 1.82) is 0 Å². The molecule has 1 heterocycles. The van der Waals surface area contributed by atoms with Crippen molar-refractivity contribution in [2.75, 3.05) is 6.26 Å². The fourth-order valence-electron chi connectivity index (χ4n) is 3.14. The third-order valence-corrected chi connectivity index (χ3v) is 5.52. The van der Waals surface area contributed by atoms with E-state index >= 15 is 0 Å². The fraction of sp³-hybridized carbons (Fsp3) is 0.0476. The highest BCUT2D eigenvalue weighted by Gasteiger charge is 2.18. The van der Waals surface area contributed by atoms with E-state index in [0.717, 1.165) is 17.9 Å². The summed E-state index contributed by atoms with van der Waals surface area (Å²) in [4.78, 5) is 12.0. The topological polar surface area (TPSA) is 81.1 Å². The van der Waals surface area contributed by atoms with Crippen LogP contribution in [-0.2, 0) is 10.0 Å². The molecule has 1 amide bonds. The van der Waals surface area contributed by atoms with Gasteiger partial charge in [0.05, 0.1) is 11.8 Å². The second-order valence-electron chi connectivity index (χ2n) is 6.80. The molecular weight excluding hydrogens is 464 g/mol. The van der Waals surface area contributed by atoms with Gasteiger partial charge in [-0.1, -0.05) is 35.3 Å². The van der Waals surface area contributed by atoms with Gasteiger partial charge in [-0.15, -0.1) is 0 Å². The van der Waals surface area contributed by atoms with Crippen LogP contribution >= 0.6 is 23.2 Å². The second-order valence-corrected chi connectivity index (χ2v) is 9.42. The van der Waals surface area contributed by atoms with Crippen LogP contribution in [0.1, 0.15) is 10.4 Å². The van der Waals surface area contributed by atoms with E-state index in [1.165, 1.54) is 16.8 Å². The molecule has 0 atom stereocenters. The van der Waals surface area contributed by atoms with Gasteiger partial charge in [0.2, 0.25) is 10.0 Å². The minimum Gasteiger partial charge on any atom is -0.268 e. The van der Waals surface area contributed by atoms with Gasteiger partial charge in [0.15, 0.2) is 0 Å². The molecule has 1 aromatic heterocycles. The standard InChI is InChI=1S/C21H14Cl2FN3O3S/c1-31(29,30)26-21(28)13-4-8-19(17(24)10-13)27-18-9-7-15(23)11-16(18)20(25-27)12-2-5-14(22)6-3-12/h2-11H,1H3,(H,26,28). The second kappa shape index (κ2) is 7.96. The molecule has 10 heteroatoms. The predicted molar refractivity (Wildman–Crippen MR) is 119 cm³/mol. The van der Waals surface area contributed by atoms with Crippen LogP contribution in [0.2, 0.25) is 10.0 Å². The Morgan fingerprint density at radius 3 is 2.32 bits per heavy atom. The van der Waals surface area contributed by atoms with Crippen LogP contribution in [-0.4, -0.2) is 30.4 Å². The van der Waals surface area contributed by atoms with E-state index in [2.05, 4.69) is 5.10 Å². The van der Waals surface area contributed by atoms with Crippen LogP contribution in [0.3, 0.4) is 0 Å². The van der Waals surface area contributed by atoms with E-state index in [1.807, 2.05) is 0 Å². The SMILES string of the molecule is CS(=O)(=O)NC(=O)c1ccc(-n2nc(-c3ccc(Cl)cc3)c3cc(Cl)ccc32)c(F)c1. The number of benzene rings is 3. The van der Waals surface area contributed by atoms with Gasteiger partial charge in [0.25, 0.3) is 5.91 Å². The quantitative estimate of drug-likeness (QED) is 0.456. The first kappa shape index (κ1) is 21.3. The van der Waals surface area contributed by atoms with Gasteiger partial charge in [0.1, 0.15) is 17.2 Å². The molecule has 0 spiro atoms. The number of nitrogens with one attached hydrogen (secondary N) is 1. The van der Waals surface area contributed by atoms with Crippen LogP contribution in [0.4, 0.5) is 4.39 Å². The van der Waals surface area contributed by atoms with Crippen molar-refractivity contribution in [2.45, 2.75) is 0 Å². The molecule has 3 aromatic carbocycles. The van der Waals surface area contributed by atoms with Gasteiger partial charge >= 0.3 is 0 Å². The zero-order valence-corrected chi connectivity index (χ0v) is 18.3. The number of hydrogen-bond donors (Lipinski definition) is 1. The number of aromatic nitrogens is 2. The van der Waals surface area contributed by atoms with Gasteiger partial charge in [-0.25, -0.2) is 22.2 Å². The zero-order chi connectivity index (χ0) is 22.3. The van der Waals surface area contributed by atoms with Crippen molar-refractivity contribution in [3.05, 3.63) is 82.1 Å². The Labute approximate surface area is 187 Å². The number of halogens is 3. The summed E-state index contributed by atoms with van der Waals surface area (Å²) in [6.07, 6.45) is 0.842. The van der Waals surface area contributed by atoms with E-state index in [9.17, 15) is 17.6 Å². The first-order valence-electron chi connectivity index (χ1n) is 8.89. The Kier molecular flexibility index (Phi) is 5.47. The summed E-state index contributed by atoms with van der Waals surface area (Å²) in [5.41, 5.74) is 1.89. The summed E-state index contributed by atoms with van der Waals surface area (Å²) in [6.45, 7) is 0. The number of nitrogens with zero attached hydrogens (tertiary/aromatic N) is 2. The molecule has 0 saturated carbocycles. The van der Waals surface area contributed by atoms with Crippen molar-refractivity contribution < 1.29 is 17.6 Å². The molecule has 6 nitrogen and oxygen atoms in total. The lowest BCUT2D eigenvalue weighted by Gasteiger charge is -2.08. The molecule has 31 heavy (non-hydrogen) atoms. The molecule has 4 aromatic rings. The molecule has 158 valence electrons. The summed E-state index contributed by atoms with van der Waals surface area (Å²) in [5, 5.41) is 6.34. The Morgan fingerprint density at radius 2 is 1.68 bits per heavy atom. The van der Waals surface area contributed by atoms with Gasteiger partial charge < -0.3 is 0 Å². The van der Waals surface area contributed by atoms with Crippen LogP contribution in [0.25, 0.3) is 27.8 Å². The molecule has 0 aliphatic heterocycles. The van der Waals surface area contributed by atoms with Crippen molar-refractivity contribution in [2.24, 2.45) is 0 Å². The van der Waals surface area contributed by atoms with E-state index in [4.69, 9.17) is 23.2 Å². The number of carbonyl (C=O) groups excluding carboxylic acids is 1. The van der Waals surface area contributed by atoms with Crippen LogP contribution in [0, 0.1) is 5.82 Å². The molecule has 0 aliphatic rings. The average molecular weight is 478 g/mol. The molecule has 0 radical (unpaired) electrons.